The van der Waals surface area contributed by atoms with E-state index in [9.17, 15) is 9.59 Å². The number of cyclic esters (lactones) is 1. The SMILES string of the molecule is C[C@H]1COC(=O)N1c1cccc(N2c3nc(Nc4ccn(C5CCOCC5)c(=O)c4)ncc3[C@@]3(C)COC(C)(C)C[C@@H]23)n1. The molecule has 1 N–H and O–H groups in total. The van der Waals surface area contributed by atoms with E-state index in [4.69, 9.17) is 24.2 Å². The normalized spacial score (nSPS) is 26.7. The van der Waals surface area contributed by atoms with Crippen LogP contribution in [0.2, 0.25) is 0 Å². The number of fused-ring (bicyclic) bond motifs is 3. The molecule has 0 unspecified atom stereocenters. The van der Waals surface area contributed by atoms with Crippen LogP contribution in [-0.4, -0.2) is 69.7 Å². The Morgan fingerprint density at radius 2 is 1.79 bits per heavy atom. The molecular formula is C31H37N7O5. The van der Waals surface area contributed by atoms with Crippen molar-refractivity contribution in [1.82, 2.24) is 19.5 Å². The van der Waals surface area contributed by atoms with Gasteiger partial charge in [-0.15, -0.1) is 0 Å². The van der Waals surface area contributed by atoms with Crippen LogP contribution in [0.4, 0.5) is 33.9 Å². The van der Waals surface area contributed by atoms with Crippen molar-refractivity contribution < 1.29 is 19.0 Å². The first-order valence-electron chi connectivity index (χ1n) is 14.9. The second-order valence-corrected chi connectivity index (χ2v) is 12.8. The molecule has 0 saturated carbocycles. The predicted molar refractivity (Wildman–Crippen MR) is 161 cm³/mol. The molecule has 3 atom stereocenters. The molecule has 4 aliphatic heterocycles. The number of amides is 1. The summed E-state index contributed by atoms with van der Waals surface area (Å²) in [6.45, 7) is 10.5. The van der Waals surface area contributed by atoms with E-state index in [2.05, 4.69) is 36.0 Å². The number of ether oxygens (including phenoxy) is 3. The van der Waals surface area contributed by atoms with E-state index in [1.165, 1.54) is 0 Å². The van der Waals surface area contributed by atoms with E-state index in [1.54, 1.807) is 15.5 Å². The van der Waals surface area contributed by atoms with E-state index in [0.29, 0.717) is 49.7 Å². The van der Waals surface area contributed by atoms with E-state index >= 15 is 0 Å². The Kier molecular flexibility index (Phi) is 6.66. The fourth-order valence-electron chi connectivity index (χ4n) is 6.74. The first kappa shape index (κ1) is 27.8. The Bertz CT molecular complexity index is 1620. The van der Waals surface area contributed by atoms with Crippen molar-refractivity contribution in [2.75, 3.05) is 41.5 Å². The quantitative estimate of drug-likeness (QED) is 0.458. The number of aromatic nitrogens is 4. The highest BCUT2D eigenvalue weighted by atomic mass is 16.6. The maximum Gasteiger partial charge on any atom is 0.415 e. The zero-order valence-corrected chi connectivity index (χ0v) is 24.9. The molecule has 3 saturated heterocycles. The number of carbonyl (C=O) groups is 1. The molecule has 0 radical (unpaired) electrons. The van der Waals surface area contributed by atoms with Gasteiger partial charge in [0.05, 0.1) is 24.3 Å². The molecule has 7 heterocycles. The Hall–Kier alpha value is -4.03. The molecular weight excluding hydrogens is 550 g/mol. The maximum atomic E-state index is 13.0. The first-order valence-corrected chi connectivity index (χ1v) is 14.9. The monoisotopic (exact) mass is 587 g/mol. The van der Waals surface area contributed by atoms with Crippen LogP contribution in [0.25, 0.3) is 0 Å². The molecule has 0 spiro atoms. The van der Waals surface area contributed by atoms with Gasteiger partial charge in [-0.05, 0) is 58.2 Å². The van der Waals surface area contributed by atoms with E-state index in [0.717, 1.165) is 30.6 Å². The molecule has 4 aliphatic rings. The summed E-state index contributed by atoms with van der Waals surface area (Å²) < 4.78 is 18.8. The highest BCUT2D eigenvalue weighted by Crippen LogP contribution is 2.53. The van der Waals surface area contributed by atoms with Gasteiger partial charge in [0.15, 0.2) is 0 Å². The fraction of sp³-hybridized carbons (Fsp3) is 0.516. The molecule has 0 aromatic carbocycles. The highest BCUT2D eigenvalue weighted by molar-refractivity contribution is 5.89. The van der Waals surface area contributed by atoms with Crippen molar-refractivity contribution in [3.05, 3.63) is 58.6 Å². The second-order valence-electron chi connectivity index (χ2n) is 12.8. The van der Waals surface area contributed by atoms with Crippen molar-refractivity contribution >= 4 is 35.2 Å². The summed E-state index contributed by atoms with van der Waals surface area (Å²) in [6.07, 6.45) is 5.67. The number of rotatable bonds is 5. The van der Waals surface area contributed by atoms with Crippen LogP contribution >= 0.6 is 0 Å². The van der Waals surface area contributed by atoms with E-state index < -0.39 is 6.09 Å². The summed E-state index contributed by atoms with van der Waals surface area (Å²) in [5.74, 6) is 2.32. The van der Waals surface area contributed by atoms with Gasteiger partial charge in [0.1, 0.15) is 24.1 Å². The largest absolute Gasteiger partial charge is 0.447 e. The van der Waals surface area contributed by atoms with Gasteiger partial charge >= 0.3 is 6.09 Å². The Morgan fingerprint density at radius 1 is 1.02 bits per heavy atom. The summed E-state index contributed by atoms with van der Waals surface area (Å²) in [4.78, 5) is 43.9. The molecule has 12 heteroatoms. The molecule has 43 heavy (non-hydrogen) atoms. The van der Waals surface area contributed by atoms with Gasteiger partial charge in [0.25, 0.3) is 5.56 Å². The number of nitrogens with one attached hydrogen (secondary N) is 1. The average Bonchev–Trinajstić information content (AvgIpc) is 3.45. The molecule has 0 bridgehead atoms. The molecule has 3 fully saturated rings. The van der Waals surface area contributed by atoms with Crippen LogP contribution in [0, 0.1) is 0 Å². The second kappa shape index (κ2) is 10.3. The molecule has 0 aliphatic carbocycles. The third kappa shape index (κ3) is 4.82. The third-order valence-corrected chi connectivity index (χ3v) is 9.19. The Balaban J connectivity index is 1.25. The zero-order valence-electron chi connectivity index (χ0n) is 24.9. The third-order valence-electron chi connectivity index (χ3n) is 9.19. The van der Waals surface area contributed by atoms with E-state index in [1.807, 2.05) is 43.6 Å². The topological polar surface area (TPSA) is 124 Å². The summed E-state index contributed by atoms with van der Waals surface area (Å²) in [5, 5.41) is 3.25. The smallest absolute Gasteiger partial charge is 0.415 e. The molecule has 1 amide bonds. The lowest BCUT2D eigenvalue weighted by atomic mass is 9.73. The van der Waals surface area contributed by atoms with Gasteiger partial charge < -0.3 is 29.0 Å². The number of nitrogens with zero attached hydrogens (tertiary/aromatic N) is 6. The van der Waals surface area contributed by atoms with Crippen molar-refractivity contribution in [2.45, 2.75) is 76.1 Å². The van der Waals surface area contributed by atoms with Crippen LogP contribution in [0.1, 0.15) is 58.6 Å². The lowest BCUT2D eigenvalue weighted by molar-refractivity contribution is -0.0893. The minimum absolute atomic E-state index is 0.00935. The van der Waals surface area contributed by atoms with Crippen molar-refractivity contribution in [2.24, 2.45) is 0 Å². The van der Waals surface area contributed by atoms with E-state index in [-0.39, 0.29) is 34.7 Å². The number of anilines is 5. The van der Waals surface area contributed by atoms with Gasteiger partial charge in [-0.3, -0.25) is 9.69 Å². The van der Waals surface area contributed by atoms with Gasteiger partial charge in [-0.25, -0.2) is 14.8 Å². The minimum atomic E-state index is -0.399. The molecule has 7 rings (SSSR count). The summed E-state index contributed by atoms with van der Waals surface area (Å²) in [5.41, 5.74) is 0.777. The van der Waals surface area contributed by atoms with Crippen molar-refractivity contribution in [1.29, 1.82) is 0 Å². The summed E-state index contributed by atoms with van der Waals surface area (Å²) >= 11 is 0. The number of pyridine rings is 2. The molecule has 3 aromatic heterocycles. The summed E-state index contributed by atoms with van der Waals surface area (Å²) in [7, 11) is 0. The fourth-order valence-corrected chi connectivity index (χ4v) is 6.74. The van der Waals surface area contributed by atoms with Gasteiger partial charge in [-0.2, -0.15) is 4.98 Å². The molecule has 226 valence electrons. The van der Waals surface area contributed by atoms with Gasteiger partial charge in [-0.1, -0.05) is 13.0 Å². The number of carbonyl (C=O) groups excluding carboxylic acids is 1. The van der Waals surface area contributed by atoms with Crippen molar-refractivity contribution in [3.8, 4) is 0 Å². The maximum absolute atomic E-state index is 13.0. The highest BCUT2D eigenvalue weighted by Gasteiger charge is 2.55. The average molecular weight is 588 g/mol. The minimum Gasteiger partial charge on any atom is -0.447 e. The summed E-state index contributed by atoms with van der Waals surface area (Å²) in [6, 6.07) is 9.16. The zero-order chi connectivity index (χ0) is 29.9. The van der Waals surface area contributed by atoms with Crippen LogP contribution in [-0.2, 0) is 19.6 Å². The predicted octanol–water partition coefficient (Wildman–Crippen LogP) is 4.45. The number of hydrogen-bond donors (Lipinski definition) is 1. The lowest BCUT2D eigenvalue weighted by Crippen LogP contribution is -2.54. The Morgan fingerprint density at radius 3 is 2.51 bits per heavy atom. The Labute approximate surface area is 250 Å². The van der Waals surface area contributed by atoms with Crippen LogP contribution in [0.5, 0.6) is 0 Å². The van der Waals surface area contributed by atoms with Gasteiger partial charge in [0.2, 0.25) is 5.95 Å². The number of hydrogen-bond acceptors (Lipinski definition) is 10. The molecule has 3 aromatic rings. The van der Waals surface area contributed by atoms with Crippen LogP contribution in [0.3, 0.4) is 0 Å². The first-order chi connectivity index (χ1) is 20.6. The van der Waals surface area contributed by atoms with Crippen molar-refractivity contribution in [3.63, 3.8) is 0 Å². The van der Waals surface area contributed by atoms with Crippen LogP contribution in [0.15, 0.2) is 47.5 Å². The van der Waals surface area contributed by atoms with Crippen LogP contribution < -0.4 is 20.7 Å². The lowest BCUT2D eigenvalue weighted by Gasteiger charge is -2.46. The molecule has 12 nitrogen and oxygen atoms in total. The van der Waals surface area contributed by atoms with Gasteiger partial charge in [0, 0.05) is 54.4 Å². The standard InChI is InChI=1S/C31H37N7O5/c1-19-17-42-29(40)37(19)24-6-5-7-25(34-24)38-23-15-30(2,3)43-18-31(23,4)22-16-32-28(35-27(22)38)33-20-8-11-36(26(39)14-20)21-9-12-41-13-10-21/h5-8,11,14,16,19,21,23H,9-10,12-13,15,17-18H2,1-4H3,(H,32,33,35)/t19-,23+,31+/m0/s1.